The lowest BCUT2D eigenvalue weighted by molar-refractivity contribution is 0.0787. The van der Waals surface area contributed by atoms with Crippen molar-refractivity contribution < 1.29 is 18.6 Å². The van der Waals surface area contributed by atoms with Gasteiger partial charge in [-0.3, -0.25) is 0 Å². The van der Waals surface area contributed by atoms with Gasteiger partial charge < -0.3 is 15.2 Å². The average Bonchev–Trinajstić information content (AvgIpc) is 2.69. The van der Waals surface area contributed by atoms with Crippen molar-refractivity contribution in [2.45, 2.75) is 26.4 Å². The zero-order chi connectivity index (χ0) is 20.8. The van der Waals surface area contributed by atoms with Crippen LogP contribution in [0.2, 0.25) is 0 Å². The molecule has 1 aromatic heterocycles. The Morgan fingerprint density at radius 3 is 2.55 bits per heavy atom. The van der Waals surface area contributed by atoms with Gasteiger partial charge in [0.25, 0.3) is 0 Å². The SMILES string of the molecule is CC(C)OCCCNc1cc(-c2cccc(F)c2F)cc(-c2ccccc2O)n1. The minimum absolute atomic E-state index is 0.0631. The highest BCUT2D eigenvalue weighted by molar-refractivity contribution is 5.76. The van der Waals surface area contributed by atoms with E-state index in [0.717, 1.165) is 12.5 Å². The van der Waals surface area contributed by atoms with Crippen LogP contribution >= 0.6 is 0 Å². The number of anilines is 1. The number of para-hydroxylation sites is 1. The molecule has 0 aliphatic rings. The number of nitrogens with one attached hydrogen (secondary N) is 1. The van der Waals surface area contributed by atoms with Gasteiger partial charge >= 0.3 is 0 Å². The monoisotopic (exact) mass is 398 g/mol. The molecular formula is C23H24F2N2O2. The maximum Gasteiger partial charge on any atom is 0.166 e. The number of rotatable bonds is 8. The van der Waals surface area contributed by atoms with Crippen LogP contribution in [0.15, 0.2) is 54.6 Å². The third kappa shape index (κ3) is 5.29. The standard InChI is InChI=1S/C23H24F2N2O2/c1-15(2)29-12-6-11-26-22-14-16(17-8-5-9-19(24)23(17)25)13-20(27-22)18-7-3-4-10-21(18)28/h3-5,7-10,13-15,28H,6,11-12H2,1-2H3,(H,26,27). The van der Waals surface area contributed by atoms with E-state index < -0.39 is 11.6 Å². The highest BCUT2D eigenvalue weighted by Crippen LogP contribution is 2.33. The second-order valence-electron chi connectivity index (χ2n) is 6.94. The van der Waals surface area contributed by atoms with Gasteiger partial charge in [-0.15, -0.1) is 0 Å². The molecule has 2 aromatic carbocycles. The number of pyridine rings is 1. The van der Waals surface area contributed by atoms with Gasteiger partial charge in [0.2, 0.25) is 0 Å². The van der Waals surface area contributed by atoms with Crippen LogP contribution in [0.3, 0.4) is 0 Å². The molecule has 0 aliphatic carbocycles. The molecule has 29 heavy (non-hydrogen) atoms. The summed E-state index contributed by atoms with van der Waals surface area (Å²) in [4.78, 5) is 4.55. The lowest BCUT2D eigenvalue weighted by atomic mass is 10.0. The number of aromatic nitrogens is 1. The highest BCUT2D eigenvalue weighted by atomic mass is 19.2. The van der Waals surface area contributed by atoms with Gasteiger partial charge in [-0.2, -0.15) is 0 Å². The van der Waals surface area contributed by atoms with Crippen molar-refractivity contribution in [2.24, 2.45) is 0 Å². The number of hydrogen-bond acceptors (Lipinski definition) is 4. The Bertz CT molecular complexity index is 977. The van der Waals surface area contributed by atoms with Gasteiger partial charge in [-0.05, 0) is 56.2 Å². The predicted molar refractivity (Wildman–Crippen MR) is 111 cm³/mol. The quantitative estimate of drug-likeness (QED) is 0.483. The summed E-state index contributed by atoms with van der Waals surface area (Å²) < 4.78 is 33.7. The molecule has 0 atom stereocenters. The fraction of sp³-hybridized carbons (Fsp3) is 0.261. The summed E-state index contributed by atoms with van der Waals surface area (Å²) in [5, 5.41) is 13.4. The second-order valence-corrected chi connectivity index (χ2v) is 6.94. The van der Waals surface area contributed by atoms with Crippen LogP contribution in [-0.4, -0.2) is 29.3 Å². The van der Waals surface area contributed by atoms with Gasteiger partial charge in [0.05, 0.1) is 11.8 Å². The number of ether oxygens (including phenoxy) is 1. The van der Waals surface area contributed by atoms with Crippen molar-refractivity contribution in [3.8, 4) is 28.1 Å². The molecule has 0 aliphatic heterocycles. The van der Waals surface area contributed by atoms with Crippen molar-refractivity contribution in [3.05, 3.63) is 66.2 Å². The predicted octanol–water partition coefficient (Wildman–Crippen LogP) is 5.63. The van der Waals surface area contributed by atoms with Gasteiger partial charge in [0.15, 0.2) is 11.6 Å². The van der Waals surface area contributed by atoms with Gasteiger partial charge in [-0.25, -0.2) is 13.8 Å². The minimum Gasteiger partial charge on any atom is -0.507 e. The first-order valence-electron chi connectivity index (χ1n) is 9.56. The first-order valence-corrected chi connectivity index (χ1v) is 9.56. The molecule has 0 radical (unpaired) electrons. The molecule has 3 aromatic rings. The van der Waals surface area contributed by atoms with E-state index >= 15 is 0 Å². The molecule has 0 unspecified atom stereocenters. The van der Waals surface area contributed by atoms with Crippen molar-refractivity contribution in [2.75, 3.05) is 18.5 Å². The van der Waals surface area contributed by atoms with Crippen molar-refractivity contribution in [1.82, 2.24) is 4.98 Å². The van der Waals surface area contributed by atoms with E-state index in [1.54, 1.807) is 36.4 Å². The molecule has 3 rings (SSSR count). The molecule has 0 spiro atoms. The van der Waals surface area contributed by atoms with Crippen molar-refractivity contribution >= 4 is 5.82 Å². The molecule has 6 heteroatoms. The van der Waals surface area contributed by atoms with Crippen LogP contribution in [0.5, 0.6) is 5.75 Å². The normalized spacial score (nSPS) is 11.1. The Labute approximate surface area is 169 Å². The van der Waals surface area contributed by atoms with Crippen LogP contribution in [0.1, 0.15) is 20.3 Å². The number of phenols is 1. The number of halogens is 2. The summed E-state index contributed by atoms with van der Waals surface area (Å²) in [7, 11) is 0. The molecule has 4 nitrogen and oxygen atoms in total. The van der Waals surface area contributed by atoms with Crippen LogP contribution in [-0.2, 0) is 4.74 Å². The van der Waals surface area contributed by atoms with E-state index in [1.165, 1.54) is 12.1 Å². The average molecular weight is 398 g/mol. The molecule has 2 N–H and O–H groups in total. The topological polar surface area (TPSA) is 54.4 Å². The largest absolute Gasteiger partial charge is 0.507 e. The third-order valence-electron chi connectivity index (χ3n) is 4.35. The van der Waals surface area contributed by atoms with Crippen molar-refractivity contribution in [3.63, 3.8) is 0 Å². The number of phenolic OH excluding ortho intramolecular Hbond substituents is 1. The van der Waals surface area contributed by atoms with E-state index in [4.69, 9.17) is 4.74 Å². The Morgan fingerprint density at radius 1 is 1.03 bits per heavy atom. The third-order valence-corrected chi connectivity index (χ3v) is 4.35. The zero-order valence-corrected chi connectivity index (χ0v) is 16.5. The summed E-state index contributed by atoms with van der Waals surface area (Å²) in [6, 6.07) is 14.1. The van der Waals surface area contributed by atoms with E-state index in [-0.39, 0.29) is 17.4 Å². The summed E-state index contributed by atoms with van der Waals surface area (Å²) in [6.45, 7) is 5.17. The lowest BCUT2D eigenvalue weighted by Gasteiger charge is -2.13. The second kappa shape index (κ2) is 9.47. The van der Waals surface area contributed by atoms with Crippen LogP contribution in [0, 0.1) is 11.6 Å². The van der Waals surface area contributed by atoms with Gasteiger partial charge in [0, 0.05) is 24.3 Å². The maximum atomic E-state index is 14.4. The molecule has 0 bridgehead atoms. The molecule has 152 valence electrons. The van der Waals surface area contributed by atoms with E-state index in [1.807, 2.05) is 13.8 Å². The van der Waals surface area contributed by atoms with E-state index in [9.17, 15) is 13.9 Å². The van der Waals surface area contributed by atoms with Gasteiger partial charge in [-0.1, -0.05) is 24.3 Å². The first-order chi connectivity index (χ1) is 14.0. The van der Waals surface area contributed by atoms with E-state index in [0.29, 0.717) is 35.8 Å². The Morgan fingerprint density at radius 2 is 1.79 bits per heavy atom. The molecule has 0 fully saturated rings. The fourth-order valence-corrected chi connectivity index (χ4v) is 2.94. The zero-order valence-electron chi connectivity index (χ0n) is 16.5. The Kier molecular flexibility index (Phi) is 6.77. The fourth-order valence-electron chi connectivity index (χ4n) is 2.94. The van der Waals surface area contributed by atoms with E-state index in [2.05, 4.69) is 10.3 Å². The molecule has 0 amide bonds. The highest BCUT2D eigenvalue weighted by Gasteiger charge is 2.14. The smallest absolute Gasteiger partial charge is 0.166 e. The van der Waals surface area contributed by atoms with Gasteiger partial charge in [0.1, 0.15) is 11.6 Å². The number of benzene rings is 2. The maximum absolute atomic E-state index is 14.4. The Balaban J connectivity index is 1.94. The number of hydrogen-bond donors (Lipinski definition) is 2. The molecule has 1 heterocycles. The van der Waals surface area contributed by atoms with Crippen LogP contribution < -0.4 is 5.32 Å². The molecule has 0 saturated heterocycles. The summed E-state index contributed by atoms with van der Waals surface area (Å²) in [5.41, 5.74) is 1.58. The Hall–Kier alpha value is -2.99. The van der Waals surface area contributed by atoms with Crippen LogP contribution in [0.4, 0.5) is 14.6 Å². The first kappa shape index (κ1) is 20.7. The molecule has 0 saturated carbocycles. The van der Waals surface area contributed by atoms with Crippen molar-refractivity contribution in [1.29, 1.82) is 0 Å². The van der Waals surface area contributed by atoms with Crippen LogP contribution in [0.25, 0.3) is 22.4 Å². The minimum atomic E-state index is -0.918. The lowest BCUT2D eigenvalue weighted by Crippen LogP contribution is -2.10. The summed E-state index contributed by atoms with van der Waals surface area (Å²) in [5.74, 6) is -1.26. The summed E-state index contributed by atoms with van der Waals surface area (Å²) in [6.07, 6.45) is 0.935. The molecular weight excluding hydrogens is 374 g/mol. The number of nitrogens with zero attached hydrogens (tertiary/aromatic N) is 1. The summed E-state index contributed by atoms with van der Waals surface area (Å²) >= 11 is 0. The number of aromatic hydroxyl groups is 1.